The molecule has 0 spiro atoms. The lowest BCUT2D eigenvalue weighted by molar-refractivity contribution is 0.359. The molecule has 9 nitrogen and oxygen atoms in total. The fourth-order valence-electron chi connectivity index (χ4n) is 2.95. The third kappa shape index (κ3) is 2.84. The van der Waals surface area contributed by atoms with Gasteiger partial charge < -0.3 is 46.0 Å². The van der Waals surface area contributed by atoms with E-state index >= 15 is 0 Å². The van der Waals surface area contributed by atoms with Crippen LogP contribution in [0.25, 0.3) is 0 Å². The number of hydrogen-bond donors (Lipinski definition) is 9. The molecule has 3 aromatic carbocycles. The molecule has 0 saturated heterocycles. The predicted octanol–water partition coefficient (Wildman–Crippen LogP) is 2.22. The maximum atomic E-state index is 10.3. The SMILES string of the molecule is Oc1cc(C(c2ccc(O)c(O)c2O)c2ccc(O)c(O)c2O)cc(O)c1O. The zero-order valence-electron chi connectivity index (χ0n) is 14.1. The van der Waals surface area contributed by atoms with Crippen molar-refractivity contribution in [1.29, 1.82) is 0 Å². The van der Waals surface area contributed by atoms with Crippen molar-refractivity contribution in [2.24, 2.45) is 0 Å². The molecule has 9 N–H and O–H groups in total. The van der Waals surface area contributed by atoms with Crippen molar-refractivity contribution in [3.05, 3.63) is 53.1 Å². The van der Waals surface area contributed by atoms with Gasteiger partial charge in [-0.25, -0.2) is 0 Å². The van der Waals surface area contributed by atoms with Gasteiger partial charge in [-0.3, -0.25) is 0 Å². The number of benzene rings is 3. The molecule has 9 heteroatoms. The summed E-state index contributed by atoms with van der Waals surface area (Å²) in [6.45, 7) is 0. The van der Waals surface area contributed by atoms with E-state index in [2.05, 4.69) is 0 Å². The second kappa shape index (κ2) is 6.54. The smallest absolute Gasteiger partial charge is 0.200 e. The van der Waals surface area contributed by atoms with Crippen LogP contribution in [0.15, 0.2) is 36.4 Å². The van der Waals surface area contributed by atoms with Gasteiger partial charge in [-0.1, -0.05) is 12.1 Å². The van der Waals surface area contributed by atoms with Crippen LogP contribution < -0.4 is 0 Å². The van der Waals surface area contributed by atoms with E-state index < -0.39 is 57.7 Å². The van der Waals surface area contributed by atoms with Crippen molar-refractivity contribution in [1.82, 2.24) is 0 Å². The lowest BCUT2D eigenvalue weighted by Gasteiger charge is -2.22. The third-order valence-electron chi connectivity index (χ3n) is 4.37. The van der Waals surface area contributed by atoms with E-state index in [-0.39, 0.29) is 16.7 Å². The Hall–Kier alpha value is -4.14. The van der Waals surface area contributed by atoms with Gasteiger partial charge in [-0.2, -0.15) is 0 Å². The topological polar surface area (TPSA) is 182 Å². The molecular weight excluding hydrogens is 372 g/mol. The number of phenols is 9. The van der Waals surface area contributed by atoms with Gasteiger partial charge in [0.1, 0.15) is 0 Å². The van der Waals surface area contributed by atoms with Crippen LogP contribution in [-0.2, 0) is 0 Å². The summed E-state index contributed by atoms with van der Waals surface area (Å²) in [5.74, 6) is -7.87. The highest BCUT2D eigenvalue weighted by atomic mass is 16.3. The highest BCUT2D eigenvalue weighted by Crippen LogP contribution is 2.51. The largest absolute Gasteiger partial charge is 0.504 e. The maximum absolute atomic E-state index is 10.3. The molecule has 0 aliphatic carbocycles. The molecule has 28 heavy (non-hydrogen) atoms. The zero-order valence-corrected chi connectivity index (χ0v) is 14.1. The molecule has 0 aliphatic heterocycles. The molecule has 0 saturated carbocycles. The van der Waals surface area contributed by atoms with Gasteiger partial charge in [0, 0.05) is 17.0 Å². The van der Waals surface area contributed by atoms with Crippen LogP contribution in [0, 0.1) is 0 Å². The van der Waals surface area contributed by atoms with Crippen LogP contribution in [-0.4, -0.2) is 46.0 Å². The number of hydrogen-bond acceptors (Lipinski definition) is 9. The Morgan fingerprint density at radius 3 is 1.21 bits per heavy atom. The van der Waals surface area contributed by atoms with Crippen molar-refractivity contribution in [3.63, 3.8) is 0 Å². The summed E-state index contributed by atoms with van der Waals surface area (Å²) in [6.07, 6.45) is 0. The first kappa shape index (κ1) is 18.6. The van der Waals surface area contributed by atoms with E-state index in [1.54, 1.807) is 0 Å². The molecule has 146 valence electrons. The van der Waals surface area contributed by atoms with E-state index in [9.17, 15) is 46.0 Å². The highest BCUT2D eigenvalue weighted by Gasteiger charge is 2.28. The van der Waals surface area contributed by atoms with Gasteiger partial charge in [0.05, 0.1) is 0 Å². The lowest BCUT2D eigenvalue weighted by Crippen LogP contribution is -2.05. The fraction of sp³-hybridized carbons (Fsp3) is 0.0526. The molecule has 0 aromatic heterocycles. The van der Waals surface area contributed by atoms with Crippen LogP contribution in [0.4, 0.5) is 0 Å². The van der Waals surface area contributed by atoms with Gasteiger partial charge in [-0.05, 0) is 29.8 Å². The van der Waals surface area contributed by atoms with Gasteiger partial charge >= 0.3 is 0 Å². The quantitative estimate of drug-likeness (QED) is 0.240. The van der Waals surface area contributed by atoms with E-state index in [0.29, 0.717) is 0 Å². The Morgan fingerprint density at radius 2 is 0.821 bits per heavy atom. The Labute approximate surface area is 157 Å². The molecule has 0 bridgehead atoms. The predicted molar refractivity (Wildman–Crippen MR) is 95.3 cm³/mol. The summed E-state index contributed by atoms with van der Waals surface area (Å²) in [4.78, 5) is 0. The molecule has 0 amide bonds. The first-order valence-electron chi connectivity index (χ1n) is 7.85. The average Bonchev–Trinajstić information content (AvgIpc) is 2.65. The van der Waals surface area contributed by atoms with Crippen molar-refractivity contribution >= 4 is 0 Å². The minimum absolute atomic E-state index is 0.0357. The van der Waals surface area contributed by atoms with Crippen molar-refractivity contribution in [3.8, 4) is 51.7 Å². The molecule has 0 radical (unpaired) electrons. The van der Waals surface area contributed by atoms with Gasteiger partial charge in [0.15, 0.2) is 40.2 Å². The molecular formula is C19H16O9. The summed E-state index contributed by atoms with van der Waals surface area (Å²) >= 11 is 0. The highest BCUT2D eigenvalue weighted by molar-refractivity contribution is 5.65. The van der Waals surface area contributed by atoms with Crippen molar-refractivity contribution in [2.75, 3.05) is 0 Å². The summed E-state index contributed by atoms with van der Waals surface area (Å²) in [5.41, 5.74) is -0.131. The Balaban J connectivity index is 2.36. The van der Waals surface area contributed by atoms with Crippen LogP contribution in [0.2, 0.25) is 0 Å². The molecule has 0 fully saturated rings. The Bertz CT molecular complexity index is 995. The van der Waals surface area contributed by atoms with Gasteiger partial charge in [0.2, 0.25) is 11.5 Å². The van der Waals surface area contributed by atoms with Crippen LogP contribution >= 0.6 is 0 Å². The zero-order chi connectivity index (χ0) is 20.7. The van der Waals surface area contributed by atoms with Crippen molar-refractivity contribution in [2.45, 2.75) is 5.92 Å². The Morgan fingerprint density at radius 1 is 0.429 bits per heavy atom. The fourth-order valence-corrected chi connectivity index (χ4v) is 2.95. The van der Waals surface area contributed by atoms with Gasteiger partial charge in [-0.15, -0.1) is 0 Å². The van der Waals surface area contributed by atoms with E-state index in [1.165, 1.54) is 12.1 Å². The molecule has 0 aliphatic rings. The monoisotopic (exact) mass is 388 g/mol. The molecule has 3 rings (SSSR count). The standard InChI is InChI=1S/C19H16O9/c20-10-3-1-8(15(24)18(10)27)14(7-5-12(22)17(26)13(23)6-7)9-2-4-11(21)19(28)16(9)25/h1-6,14,20-28H. The van der Waals surface area contributed by atoms with Crippen LogP contribution in [0.5, 0.6) is 51.7 Å². The van der Waals surface area contributed by atoms with Crippen LogP contribution in [0.3, 0.4) is 0 Å². The molecule has 0 atom stereocenters. The van der Waals surface area contributed by atoms with Gasteiger partial charge in [0.25, 0.3) is 0 Å². The van der Waals surface area contributed by atoms with E-state index in [4.69, 9.17) is 0 Å². The maximum Gasteiger partial charge on any atom is 0.200 e. The van der Waals surface area contributed by atoms with Crippen molar-refractivity contribution < 1.29 is 46.0 Å². The molecule has 0 heterocycles. The summed E-state index contributed by atoms with van der Waals surface area (Å²) in [6, 6.07) is 6.61. The summed E-state index contributed by atoms with van der Waals surface area (Å²) < 4.78 is 0. The number of aromatic hydroxyl groups is 9. The van der Waals surface area contributed by atoms with E-state index in [0.717, 1.165) is 24.3 Å². The Kier molecular flexibility index (Phi) is 4.36. The summed E-state index contributed by atoms with van der Waals surface area (Å²) in [5, 5.41) is 88.7. The number of rotatable bonds is 3. The van der Waals surface area contributed by atoms with E-state index in [1.807, 2.05) is 0 Å². The minimum Gasteiger partial charge on any atom is -0.504 e. The summed E-state index contributed by atoms with van der Waals surface area (Å²) in [7, 11) is 0. The first-order chi connectivity index (χ1) is 13.1. The molecule has 3 aromatic rings. The lowest BCUT2D eigenvalue weighted by atomic mass is 9.83. The van der Waals surface area contributed by atoms with Crippen LogP contribution in [0.1, 0.15) is 22.6 Å². The second-order valence-electron chi connectivity index (χ2n) is 6.08. The molecule has 0 unspecified atom stereocenters. The normalized spacial score (nSPS) is 11.0. The number of phenolic OH excluding ortho intramolecular Hbond substituents is 9. The average molecular weight is 388 g/mol. The third-order valence-corrected chi connectivity index (χ3v) is 4.37. The second-order valence-corrected chi connectivity index (χ2v) is 6.08. The minimum atomic E-state index is -1.21. The first-order valence-corrected chi connectivity index (χ1v) is 7.85.